The van der Waals surface area contributed by atoms with E-state index in [0.717, 1.165) is 0 Å². The zero-order valence-electron chi connectivity index (χ0n) is 10.8. The second-order valence-electron chi connectivity index (χ2n) is 4.89. The molecule has 0 aromatic carbocycles. The summed E-state index contributed by atoms with van der Waals surface area (Å²) in [5.41, 5.74) is 0. The highest BCUT2D eigenvalue weighted by Gasteiger charge is 2.31. The van der Waals surface area contributed by atoms with Crippen molar-refractivity contribution in [3.63, 3.8) is 0 Å². The van der Waals surface area contributed by atoms with E-state index < -0.39 is 24.9 Å². The van der Waals surface area contributed by atoms with Gasteiger partial charge in [0.15, 0.2) is 0 Å². The molecule has 1 fully saturated rings. The summed E-state index contributed by atoms with van der Waals surface area (Å²) in [6.45, 7) is 1.85. The summed E-state index contributed by atoms with van der Waals surface area (Å²) in [4.78, 5) is 24.3. The quantitative estimate of drug-likeness (QED) is 0.743. The van der Waals surface area contributed by atoms with E-state index in [1.54, 1.807) is 0 Å². The van der Waals surface area contributed by atoms with Crippen molar-refractivity contribution in [3.8, 4) is 0 Å². The summed E-state index contributed by atoms with van der Waals surface area (Å²) in [7, 11) is 0. The molecule has 110 valence electrons. The molecule has 0 radical (unpaired) electrons. The number of nitrogens with zero attached hydrogens (tertiary/aromatic N) is 1. The van der Waals surface area contributed by atoms with Gasteiger partial charge in [-0.15, -0.1) is 0 Å². The number of hydrogen-bond donors (Lipinski definition) is 1. The topological polar surface area (TPSA) is 66.8 Å². The van der Waals surface area contributed by atoms with Crippen LogP contribution in [0.2, 0.25) is 0 Å². The number of carbonyl (C=O) groups is 2. The molecule has 1 rings (SSSR count). The second-order valence-corrected chi connectivity index (χ2v) is 4.89. The predicted octanol–water partition coefficient (Wildman–Crippen LogP) is 1.23. The van der Waals surface area contributed by atoms with E-state index in [1.165, 1.54) is 4.90 Å². The lowest BCUT2D eigenvalue weighted by Gasteiger charge is -2.34. The SMILES string of the molecule is CC1CC(C(=O)O)CN(C(=O)CCOCC(F)F)C1. The normalized spacial score (nSPS) is 23.7. The molecule has 0 aromatic rings. The monoisotopic (exact) mass is 279 g/mol. The smallest absolute Gasteiger partial charge is 0.308 e. The number of hydrogen-bond acceptors (Lipinski definition) is 3. The van der Waals surface area contributed by atoms with Gasteiger partial charge in [-0.05, 0) is 12.3 Å². The Morgan fingerprint density at radius 1 is 1.42 bits per heavy atom. The molecule has 1 aliphatic heterocycles. The number of likely N-dealkylation sites (tertiary alicyclic amines) is 1. The van der Waals surface area contributed by atoms with Crippen LogP contribution in [0.4, 0.5) is 8.78 Å². The first-order valence-electron chi connectivity index (χ1n) is 6.26. The zero-order valence-corrected chi connectivity index (χ0v) is 10.8. The number of amides is 1. The molecule has 0 saturated carbocycles. The molecule has 0 spiro atoms. The summed E-state index contributed by atoms with van der Waals surface area (Å²) < 4.78 is 28.3. The van der Waals surface area contributed by atoms with Gasteiger partial charge in [-0.2, -0.15) is 0 Å². The first-order chi connectivity index (χ1) is 8.90. The van der Waals surface area contributed by atoms with E-state index in [1.807, 2.05) is 6.92 Å². The molecule has 1 saturated heterocycles. The molecule has 2 atom stereocenters. The third-order valence-corrected chi connectivity index (χ3v) is 3.07. The standard InChI is InChI=1S/C12H19F2NO4/c1-8-4-9(12(17)18)6-15(5-8)11(16)2-3-19-7-10(13)14/h8-10H,2-7H2,1H3,(H,17,18). The number of alkyl halides is 2. The van der Waals surface area contributed by atoms with Crippen LogP contribution in [0.1, 0.15) is 19.8 Å². The molecule has 1 aliphatic rings. The fourth-order valence-corrected chi connectivity index (χ4v) is 2.22. The first-order valence-corrected chi connectivity index (χ1v) is 6.26. The van der Waals surface area contributed by atoms with E-state index >= 15 is 0 Å². The zero-order chi connectivity index (χ0) is 14.4. The number of piperidine rings is 1. The highest BCUT2D eigenvalue weighted by atomic mass is 19.3. The van der Waals surface area contributed by atoms with Crippen LogP contribution in [0, 0.1) is 11.8 Å². The molecule has 1 heterocycles. The highest BCUT2D eigenvalue weighted by Crippen LogP contribution is 2.22. The van der Waals surface area contributed by atoms with Gasteiger partial charge in [0.2, 0.25) is 5.91 Å². The Bertz CT molecular complexity index is 325. The first kappa shape index (κ1) is 15.8. The Morgan fingerprint density at radius 2 is 2.11 bits per heavy atom. The number of ether oxygens (including phenoxy) is 1. The molecule has 0 bridgehead atoms. The lowest BCUT2D eigenvalue weighted by Crippen LogP contribution is -2.45. The van der Waals surface area contributed by atoms with Crippen molar-refractivity contribution in [3.05, 3.63) is 0 Å². The Kier molecular flexibility index (Phi) is 6.14. The van der Waals surface area contributed by atoms with E-state index in [-0.39, 0.29) is 31.4 Å². The van der Waals surface area contributed by atoms with Gasteiger partial charge >= 0.3 is 5.97 Å². The van der Waals surface area contributed by atoms with Gasteiger partial charge in [0, 0.05) is 13.1 Å². The van der Waals surface area contributed by atoms with E-state index in [0.29, 0.717) is 13.0 Å². The third kappa shape index (κ3) is 5.50. The average molecular weight is 279 g/mol. The maximum Gasteiger partial charge on any atom is 0.308 e. The summed E-state index contributed by atoms with van der Waals surface area (Å²) in [5, 5.41) is 8.98. The molecular weight excluding hydrogens is 260 g/mol. The number of aliphatic carboxylic acids is 1. The minimum absolute atomic E-state index is 0.00573. The van der Waals surface area contributed by atoms with E-state index in [2.05, 4.69) is 4.74 Å². The highest BCUT2D eigenvalue weighted by molar-refractivity contribution is 5.78. The van der Waals surface area contributed by atoms with Crippen molar-refractivity contribution in [2.45, 2.75) is 26.2 Å². The van der Waals surface area contributed by atoms with E-state index in [4.69, 9.17) is 5.11 Å². The Balaban J connectivity index is 2.36. The fourth-order valence-electron chi connectivity index (χ4n) is 2.22. The maximum atomic E-state index is 11.8. The van der Waals surface area contributed by atoms with Crippen LogP contribution in [0.15, 0.2) is 0 Å². The van der Waals surface area contributed by atoms with Gasteiger partial charge in [0.25, 0.3) is 6.43 Å². The second kappa shape index (κ2) is 7.37. The minimum Gasteiger partial charge on any atom is -0.481 e. The van der Waals surface area contributed by atoms with Gasteiger partial charge in [-0.3, -0.25) is 9.59 Å². The fraction of sp³-hybridized carbons (Fsp3) is 0.833. The van der Waals surface area contributed by atoms with Gasteiger partial charge < -0.3 is 14.7 Å². The van der Waals surface area contributed by atoms with Crippen LogP contribution in [-0.2, 0) is 14.3 Å². The summed E-state index contributed by atoms with van der Waals surface area (Å²) >= 11 is 0. The van der Waals surface area contributed by atoms with Crippen molar-refractivity contribution in [1.82, 2.24) is 4.90 Å². The summed E-state index contributed by atoms with van der Waals surface area (Å²) in [6, 6.07) is 0. The Hall–Kier alpha value is -1.24. The van der Waals surface area contributed by atoms with Gasteiger partial charge in [-0.1, -0.05) is 6.92 Å². The Labute approximate surface area is 110 Å². The average Bonchev–Trinajstić information content (AvgIpc) is 2.33. The number of rotatable bonds is 6. The summed E-state index contributed by atoms with van der Waals surface area (Å²) in [5.74, 6) is -1.57. The number of carboxylic acids is 1. The molecule has 2 unspecified atom stereocenters. The molecule has 7 heteroatoms. The number of carboxylic acid groups (broad SMARTS) is 1. The van der Waals surface area contributed by atoms with Crippen LogP contribution < -0.4 is 0 Å². The van der Waals surface area contributed by atoms with Crippen LogP contribution in [0.25, 0.3) is 0 Å². The van der Waals surface area contributed by atoms with Crippen molar-refractivity contribution in [2.24, 2.45) is 11.8 Å². The number of carbonyl (C=O) groups excluding carboxylic acids is 1. The van der Waals surface area contributed by atoms with Crippen molar-refractivity contribution < 1.29 is 28.2 Å². The van der Waals surface area contributed by atoms with Crippen LogP contribution in [0.5, 0.6) is 0 Å². The Morgan fingerprint density at radius 3 is 2.68 bits per heavy atom. The lowest BCUT2D eigenvalue weighted by atomic mass is 9.90. The van der Waals surface area contributed by atoms with Crippen LogP contribution in [0.3, 0.4) is 0 Å². The van der Waals surface area contributed by atoms with Gasteiger partial charge in [0.05, 0.1) is 18.9 Å². The predicted molar refractivity (Wildman–Crippen MR) is 62.9 cm³/mol. The molecule has 5 nitrogen and oxygen atoms in total. The molecule has 0 aromatic heterocycles. The minimum atomic E-state index is -2.54. The van der Waals surface area contributed by atoms with Crippen molar-refractivity contribution >= 4 is 11.9 Å². The summed E-state index contributed by atoms with van der Waals surface area (Å²) in [6.07, 6.45) is -1.98. The lowest BCUT2D eigenvalue weighted by molar-refractivity contribution is -0.147. The number of halogens is 2. The van der Waals surface area contributed by atoms with Crippen molar-refractivity contribution in [2.75, 3.05) is 26.3 Å². The molecule has 1 amide bonds. The largest absolute Gasteiger partial charge is 0.481 e. The molecular formula is C12H19F2NO4. The van der Waals surface area contributed by atoms with Gasteiger partial charge in [0.1, 0.15) is 6.61 Å². The van der Waals surface area contributed by atoms with Crippen LogP contribution in [-0.4, -0.2) is 54.6 Å². The van der Waals surface area contributed by atoms with E-state index in [9.17, 15) is 18.4 Å². The molecule has 1 N–H and O–H groups in total. The van der Waals surface area contributed by atoms with Crippen molar-refractivity contribution in [1.29, 1.82) is 0 Å². The maximum absolute atomic E-state index is 11.8. The molecule has 0 aliphatic carbocycles. The third-order valence-electron chi connectivity index (χ3n) is 3.07. The van der Waals surface area contributed by atoms with Crippen LogP contribution >= 0.6 is 0 Å². The molecule has 19 heavy (non-hydrogen) atoms. The van der Waals surface area contributed by atoms with Gasteiger partial charge in [-0.25, -0.2) is 8.78 Å².